The molecule has 2 aromatic carbocycles. The van der Waals surface area contributed by atoms with Crippen molar-refractivity contribution in [2.24, 2.45) is 0 Å². The highest BCUT2D eigenvalue weighted by Crippen LogP contribution is 2.40. The van der Waals surface area contributed by atoms with Gasteiger partial charge < -0.3 is 24.9 Å². The van der Waals surface area contributed by atoms with Crippen LogP contribution in [0.4, 0.5) is 29.3 Å². The predicted octanol–water partition coefficient (Wildman–Crippen LogP) is 4.25. The standard InChI is InChI=1S/C27H32F3N5O3/c1-3-32(4-2)23(36)18-34-19-35(20-10-6-5-7-11-20)26(24(34)37)14-16-33(17-15-26)25(38)31-22-13-9-8-12-21(22)27(28,29)30/h5-13H,3-4,14-19H2,1-2H3,(H,31,38). The Labute approximate surface area is 220 Å². The van der Waals surface area contributed by atoms with Crippen LogP contribution in [0.15, 0.2) is 54.6 Å². The minimum absolute atomic E-state index is 0.0377. The Hall–Kier alpha value is -3.76. The zero-order valence-corrected chi connectivity index (χ0v) is 21.5. The summed E-state index contributed by atoms with van der Waals surface area (Å²) < 4.78 is 40.1. The van der Waals surface area contributed by atoms with Gasteiger partial charge in [-0.2, -0.15) is 13.2 Å². The van der Waals surface area contributed by atoms with Crippen molar-refractivity contribution in [3.63, 3.8) is 0 Å². The maximum Gasteiger partial charge on any atom is 0.418 e. The van der Waals surface area contributed by atoms with Crippen molar-refractivity contribution in [1.82, 2.24) is 14.7 Å². The minimum Gasteiger partial charge on any atom is -0.342 e. The predicted molar refractivity (Wildman–Crippen MR) is 137 cm³/mol. The molecule has 1 spiro atoms. The normalized spacial score (nSPS) is 17.2. The van der Waals surface area contributed by atoms with E-state index in [0.717, 1.165) is 11.8 Å². The number of carbonyl (C=O) groups excluding carboxylic acids is 3. The fourth-order valence-electron chi connectivity index (χ4n) is 5.28. The van der Waals surface area contributed by atoms with Gasteiger partial charge in [0.1, 0.15) is 12.1 Å². The molecule has 2 saturated heterocycles. The van der Waals surface area contributed by atoms with E-state index in [9.17, 15) is 27.6 Å². The van der Waals surface area contributed by atoms with Crippen LogP contribution < -0.4 is 10.2 Å². The van der Waals surface area contributed by atoms with E-state index in [4.69, 9.17) is 0 Å². The summed E-state index contributed by atoms with van der Waals surface area (Å²) in [5, 5.41) is 2.39. The monoisotopic (exact) mass is 531 g/mol. The number of alkyl halides is 3. The average Bonchev–Trinajstić information content (AvgIpc) is 3.16. The number of rotatable bonds is 6. The Morgan fingerprint density at radius 2 is 1.58 bits per heavy atom. The van der Waals surface area contributed by atoms with E-state index < -0.39 is 23.3 Å². The fourth-order valence-corrected chi connectivity index (χ4v) is 5.28. The molecule has 38 heavy (non-hydrogen) atoms. The highest BCUT2D eigenvalue weighted by atomic mass is 19.4. The van der Waals surface area contributed by atoms with Crippen molar-refractivity contribution in [2.45, 2.75) is 38.4 Å². The number of urea groups is 1. The molecule has 11 heteroatoms. The number of halogens is 3. The number of likely N-dealkylation sites (N-methyl/N-ethyl adjacent to an activating group) is 1. The molecule has 0 aromatic heterocycles. The van der Waals surface area contributed by atoms with Gasteiger partial charge in [-0.15, -0.1) is 0 Å². The largest absolute Gasteiger partial charge is 0.418 e. The summed E-state index contributed by atoms with van der Waals surface area (Å²) in [6, 6.07) is 13.6. The number of hydrogen-bond donors (Lipinski definition) is 1. The molecule has 4 rings (SSSR count). The second-order valence-electron chi connectivity index (χ2n) is 9.47. The lowest BCUT2D eigenvalue weighted by molar-refractivity contribution is -0.140. The van der Waals surface area contributed by atoms with Gasteiger partial charge in [-0.05, 0) is 51.0 Å². The van der Waals surface area contributed by atoms with Crippen molar-refractivity contribution in [3.8, 4) is 0 Å². The molecule has 0 unspecified atom stereocenters. The molecule has 2 heterocycles. The lowest BCUT2D eigenvalue weighted by Crippen LogP contribution is -2.58. The topological polar surface area (TPSA) is 76.2 Å². The van der Waals surface area contributed by atoms with Gasteiger partial charge in [-0.1, -0.05) is 30.3 Å². The highest BCUT2D eigenvalue weighted by molar-refractivity contribution is 5.97. The van der Waals surface area contributed by atoms with Crippen LogP contribution in [0, 0.1) is 0 Å². The number of para-hydroxylation sites is 2. The molecule has 0 saturated carbocycles. The van der Waals surface area contributed by atoms with Crippen LogP contribution >= 0.6 is 0 Å². The Balaban J connectivity index is 1.52. The SMILES string of the molecule is CCN(CC)C(=O)CN1CN(c2ccccc2)C2(CCN(C(=O)Nc3ccccc3C(F)(F)F)CC2)C1=O. The molecule has 204 valence electrons. The molecule has 1 N–H and O–H groups in total. The molecule has 0 atom stereocenters. The van der Waals surface area contributed by atoms with E-state index in [1.165, 1.54) is 23.1 Å². The first kappa shape index (κ1) is 27.3. The molecule has 2 fully saturated rings. The summed E-state index contributed by atoms with van der Waals surface area (Å²) in [6.07, 6.45) is -4.04. The Morgan fingerprint density at radius 1 is 0.974 bits per heavy atom. The van der Waals surface area contributed by atoms with E-state index >= 15 is 0 Å². The van der Waals surface area contributed by atoms with Crippen molar-refractivity contribution >= 4 is 29.2 Å². The number of piperidine rings is 1. The third-order valence-electron chi connectivity index (χ3n) is 7.38. The second-order valence-corrected chi connectivity index (χ2v) is 9.47. The number of nitrogens with zero attached hydrogens (tertiary/aromatic N) is 4. The first-order valence-corrected chi connectivity index (χ1v) is 12.7. The molecule has 0 bridgehead atoms. The maximum atomic E-state index is 13.8. The maximum absolute atomic E-state index is 13.8. The van der Waals surface area contributed by atoms with Crippen molar-refractivity contribution in [1.29, 1.82) is 0 Å². The van der Waals surface area contributed by atoms with Gasteiger partial charge in [-0.25, -0.2) is 4.79 Å². The number of nitrogens with one attached hydrogen (secondary N) is 1. The van der Waals surface area contributed by atoms with Gasteiger partial charge in [-0.3, -0.25) is 9.59 Å². The van der Waals surface area contributed by atoms with E-state index in [-0.39, 0.29) is 56.6 Å². The summed E-state index contributed by atoms with van der Waals surface area (Å²) in [6.45, 7) is 5.42. The quantitative estimate of drug-likeness (QED) is 0.605. The van der Waals surface area contributed by atoms with Crippen LogP contribution in [0.1, 0.15) is 32.3 Å². The zero-order chi connectivity index (χ0) is 27.5. The van der Waals surface area contributed by atoms with Gasteiger partial charge >= 0.3 is 12.2 Å². The Morgan fingerprint density at radius 3 is 2.18 bits per heavy atom. The van der Waals surface area contributed by atoms with Crippen molar-refractivity contribution in [3.05, 3.63) is 60.2 Å². The van der Waals surface area contributed by atoms with Crippen LogP contribution in [0.25, 0.3) is 0 Å². The third-order valence-corrected chi connectivity index (χ3v) is 7.38. The number of likely N-dealkylation sites (tertiary alicyclic amines) is 1. The highest BCUT2D eigenvalue weighted by Gasteiger charge is 2.54. The summed E-state index contributed by atoms with van der Waals surface area (Å²) in [5.41, 5.74) is -1.35. The molecule has 4 amide bonds. The number of hydrogen-bond acceptors (Lipinski definition) is 4. The first-order chi connectivity index (χ1) is 18.1. The first-order valence-electron chi connectivity index (χ1n) is 12.7. The van der Waals surface area contributed by atoms with Crippen molar-refractivity contribution < 1.29 is 27.6 Å². The molecule has 0 radical (unpaired) electrons. The summed E-state index contributed by atoms with van der Waals surface area (Å²) in [4.78, 5) is 46.2. The van der Waals surface area contributed by atoms with Crippen LogP contribution in [-0.2, 0) is 15.8 Å². The summed E-state index contributed by atoms with van der Waals surface area (Å²) >= 11 is 0. The van der Waals surface area contributed by atoms with Crippen LogP contribution in [0.5, 0.6) is 0 Å². The second kappa shape index (κ2) is 10.9. The Bertz CT molecular complexity index is 1160. The number of benzene rings is 2. The van der Waals surface area contributed by atoms with Gasteiger partial charge in [0.25, 0.3) is 5.91 Å². The van der Waals surface area contributed by atoms with Gasteiger partial charge in [0.2, 0.25) is 5.91 Å². The van der Waals surface area contributed by atoms with Crippen LogP contribution in [-0.4, -0.2) is 77.5 Å². The molecule has 2 aromatic rings. The third kappa shape index (κ3) is 5.27. The average molecular weight is 532 g/mol. The Kier molecular flexibility index (Phi) is 7.84. The number of anilines is 2. The van der Waals surface area contributed by atoms with Crippen molar-refractivity contribution in [2.75, 3.05) is 49.6 Å². The number of carbonyl (C=O) groups is 3. The molecule has 8 nitrogen and oxygen atoms in total. The smallest absolute Gasteiger partial charge is 0.342 e. The molecule has 2 aliphatic rings. The van der Waals surface area contributed by atoms with Gasteiger partial charge in [0.15, 0.2) is 0 Å². The van der Waals surface area contributed by atoms with Gasteiger partial charge in [0, 0.05) is 31.9 Å². The fraction of sp³-hybridized carbons (Fsp3) is 0.444. The molecule has 0 aliphatic carbocycles. The molecular weight excluding hydrogens is 499 g/mol. The zero-order valence-electron chi connectivity index (χ0n) is 21.5. The molecule has 2 aliphatic heterocycles. The lowest BCUT2D eigenvalue weighted by Gasteiger charge is -2.43. The minimum atomic E-state index is -4.60. The van der Waals surface area contributed by atoms with E-state index in [0.29, 0.717) is 13.1 Å². The van der Waals surface area contributed by atoms with E-state index in [1.54, 1.807) is 9.80 Å². The summed E-state index contributed by atoms with van der Waals surface area (Å²) in [7, 11) is 0. The van der Waals surface area contributed by atoms with Crippen LogP contribution in [0.3, 0.4) is 0 Å². The van der Waals surface area contributed by atoms with Gasteiger partial charge in [0.05, 0.1) is 17.9 Å². The summed E-state index contributed by atoms with van der Waals surface area (Å²) in [5.74, 6) is -0.308. The number of amides is 4. The van der Waals surface area contributed by atoms with E-state index in [1.807, 2.05) is 49.1 Å². The van der Waals surface area contributed by atoms with Crippen LogP contribution in [0.2, 0.25) is 0 Å². The lowest BCUT2D eigenvalue weighted by atomic mass is 9.85. The molecular formula is C27H32F3N5O3. The van der Waals surface area contributed by atoms with E-state index in [2.05, 4.69) is 5.32 Å².